The molecule has 1 saturated carbocycles. The fraction of sp³-hybridized carbons (Fsp3) is 0.650. The highest BCUT2D eigenvalue weighted by molar-refractivity contribution is 5.79. The van der Waals surface area contributed by atoms with Gasteiger partial charge in [0.25, 0.3) is 0 Å². The molecule has 0 unspecified atom stereocenters. The predicted molar refractivity (Wildman–Crippen MR) is 98.2 cm³/mol. The van der Waals surface area contributed by atoms with E-state index in [4.69, 9.17) is 0 Å². The Morgan fingerprint density at radius 2 is 2.08 bits per heavy atom. The number of nitrogens with zero attached hydrogens (tertiary/aromatic N) is 3. The number of aryl methyl sites for hydroxylation is 2. The molecule has 1 N–H and O–H groups in total. The van der Waals surface area contributed by atoms with E-state index in [9.17, 15) is 9.59 Å². The Morgan fingerprint density at radius 3 is 2.85 bits per heavy atom. The smallest absolute Gasteiger partial charge is 0.226 e. The van der Waals surface area contributed by atoms with Gasteiger partial charge in [0.15, 0.2) is 0 Å². The molecule has 6 nitrogen and oxygen atoms in total. The Labute approximate surface area is 154 Å². The van der Waals surface area contributed by atoms with Gasteiger partial charge in [0, 0.05) is 37.9 Å². The maximum absolute atomic E-state index is 12.9. The summed E-state index contributed by atoms with van der Waals surface area (Å²) in [4.78, 5) is 26.7. The molecular formula is C20H28N4O2. The number of hydrogen-bond acceptors (Lipinski definition) is 3. The van der Waals surface area contributed by atoms with Crippen LogP contribution >= 0.6 is 0 Å². The van der Waals surface area contributed by atoms with Crippen LogP contribution in [0.5, 0.6) is 0 Å². The quantitative estimate of drug-likeness (QED) is 0.823. The summed E-state index contributed by atoms with van der Waals surface area (Å²) >= 11 is 0. The van der Waals surface area contributed by atoms with Crippen molar-refractivity contribution in [3.8, 4) is 0 Å². The Bertz CT molecular complexity index is 705. The highest BCUT2D eigenvalue weighted by atomic mass is 16.2. The fourth-order valence-corrected chi connectivity index (χ4v) is 3.88. The molecule has 1 aromatic rings. The topological polar surface area (TPSA) is 67.2 Å². The number of hydrogen-bond donors (Lipinski definition) is 1. The van der Waals surface area contributed by atoms with E-state index in [-0.39, 0.29) is 17.7 Å². The molecule has 0 saturated heterocycles. The molecule has 3 aliphatic rings. The molecule has 0 spiro atoms. The van der Waals surface area contributed by atoms with Crippen LogP contribution in [0.25, 0.3) is 0 Å². The maximum atomic E-state index is 12.9. The molecule has 2 aliphatic carbocycles. The zero-order chi connectivity index (χ0) is 17.9. The van der Waals surface area contributed by atoms with Crippen molar-refractivity contribution in [1.82, 2.24) is 20.0 Å². The number of amides is 2. The van der Waals surface area contributed by atoms with Crippen LogP contribution in [0, 0.1) is 5.92 Å². The van der Waals surface area contributed by atoms with Crippen molar-refractivity contribution in [2.24, 2.45) is 5.92 Å². The van der Waals surface area contributed by atoms with Crippen LogP contribution in [0.4, 0.5) is 0 Å². The zero-order valence-corrected chi connectivity index (χ0v) is 15.3. The zero-order valence-electron chi connectivity index (χ0n) is 15.3. The van der Waals surface area contributed by atoms with Gasteiger partial charge in [0.1, 0.15) is 0 Å². The summed E-state index contributed by atoms with van der Waals surface area (Å²) in [5.41, 5.74) is 2.06. The molecule has 6 heteroatoms. The minimum Gasteiger partial charge on any atom is -0.353 e. The van der Waals surface area contributed by atoms with Gasteiger partial charge in [-0.2, -0.15) is 5.10 Å². The molecule has 1 aliphatic heterocycles. The highest BCUT2D eigenvalue weighted by Crippen LogP contribution is 2.23. The van der Waals surface area contributed by atoms with Gasteiger partial charge in [-0.15, -0.1) is 0 Å². The second-order valence-electron chi connectivity index (χ2n) is 7.79. The van der Waals surface area contributed by atoms with Gasteiger partial charge in [0.2, 0.25) is 11.8 Å². The molecule has 2 amide bonds. The monoisotopic (exact) mass is 356 g/mol. The Morgan fingerprint density at radius 1 is 1.19 bits per heavy atom. The third-order valence-corrected chi connectivity index (χ3v) is 5.55. The van der Waals surface area contributed by atoms with E-state index in [1.807, 2.05) is 9.58 Å². The molecule has 140 valence electrons. The second kappa shape index (κ2) is 7.64. The van der Waals surface area contributed by atoms with Crippen LogP contribution in [0.2, 0.25) is 0 Å². The van der Waals surface area contributed by atoms with Crippen LogP contribution in [0.15, 0.2) is 18.2 Å². The Balaban J connectivity index is 1.36. The van der Waals surface area contributed by atoms with Crippen molar-refractivity contribution in [3.63, 3.8) is 0 Å². The molecular weight excluding hydrogens is 328 g/mol. The number of allylic oxidation sites excluding steroid dienone is 2. The summed E-state index contributed by atoms with van der Waals surface area (Å²) in [5, 5.41) is 7.69. The van der Waals surface area contributed by atoms with Crippen LogP contribution in [0.1, 0.15) is 56.3 Å². The number of nitrogens with one attached hydrogen (secondary N) is 1. The summed E-state index contributed by atoms with van der Waals surface area (Å²) in [6.45, 7) is 2.29. The van der Waals surface area contributed by atoms with E-state index in [2.05, 4.69) is 28.6 Å². The fourth-order valence-electron chi connectivity index (χ4n) is 3.88. The van der Waals surface area contributed by atoms with Gasteiger partial charge < -0.3 is 10.2 Å². The van der Waals surface area contributed by atoms with Crippen molar-refractivity contribution >= 4 is 11.8 Å². The van der Waals surface area contributed by atoms with E-state index >= 15 is 0 Å². The standard InChI is InChI=1S/C20H28N4O2/c25-19(21-16-7-8-16)10-9-17-13-18-14-23(11-4-12-24(18)22-17)20(26)15-5-2-1-3-6-15/h1-2,13,15-16H,3-12,14H2,(H,21,25)/t15-/m1/s1. The highest BCUT2D eigenvalue weighted by Gasteiger charge is 2.27. The van der Waals surface area contributed by atoms with Crippen molar-refractivity contribution in [1.29, 1.82) is 0 Å². The predicted octanol–water partition coefficient (Wildman–Crippen LogP) is 2.18. The van der Waals surface area contributed by atoms with Crippen LogP contribution in [-0.4, -0.2) is 39.1 Å². The summed E-state index contributed by atoms with van der Waals surface area (Å²) in [6, 6.07) is 2.49. The first-order valence-corrected chi connectivity index (χ1v) is 9.98. The molecule has 0 bridgehead atoms. The maximum Gasteiger partial charge on any atom is 0.226 e. The van der Waals surface area contributed by atoms with E-state index in [1.165, 1.54) is 0 Å². The molecule has 4 rings (SSSR count). The second-order valence-corrected chi connectivity index (χ2v) is 7.79. The largest absolute Gasteiger partial charge is 0.353 e. The molecule has 0 radical (unpaired) electrons. The summed E-state index contributed by atoms with van der Waals surface area (Å²) in [7, 11) is 0. The Hall–Kier alpha value is -2.11. The minimum atomic E-state index is 0.123. The molecule has 2 heterocycles. The number of carbonyl (C=O) groups excluding carboxylic acids is 2. The van der Waals surface area contributed by atoms with E-state index in [1.54, 1.807) is 0 Å². The lowest BCUT2D eigenvalue weighted by molar-refractivity contribution is -0.136. The van der Waals surface area contributed by atoms with Gasteiger partial charge >= 0.3 is 0 Å². The van der Waals surface area contributed by atoms with E-state index in [0.717, 1.165) is 63.0 Å². The number of aromatic nitrogens is 2. The molecule has 1 fully saturated rings. The molecule has 0 aromatic carbocycles. The molecule has 26 heavy (non-hydrogen) atoms. The first-order valence-electron chi connectivity index (χ1n) is 9.98. The van der Waals surface area contributed by atoms with E-state index in [0.29, 0.717) is 25.4 Å². The molecule has 1 aromatic heterocycles. The van der Waals surface area contributed by atoms with Gasteiger partial charge in [0.05, 0.1) is 17.9 Å². The lowest BCUT2D eigenvalue weighted by Gasteiger charge is -2.26. The van der Waals surface area contributed by atoms with Crippen molar-refractivity contribution in [3.05, 3.63) is 29.6 Å². The van der Waals surface area contributed by atoms with Crippen molar-refractivity contribution in [2.45, 2.75) is 70.5 Å². The number of rotatable bonds is 5. The van der Waals surface area contributed by atoms with Crippen molar-refractivity contribution in [2.75, 3.05) is 6.54 Å². The third-order valence-electron chi connectivity index (χ3n) is 5.55. The number of carbonyl (C=O) groups is 2. The van der Waals surface area contributed by atoms with Gasteiger partial charge in [-0.25, -0.2) is 0 Å². The average Bonchev–Trinajstić information content (AvgIpc) is 3.42. The van der Waals surface area contributed by atoms with Gasteiger partial charge in [-0.05, 0) is 44.6 Å². The average molecular weight is 356 g/mol. The third kappa shape index (κ3) is 4.17. The normalized spacial score (nSPS) is 22.6. The minimum absolute atomic E-state index is 0.123. The van der Waals surface area contributed by atoms with Crippen LogP contribution in [0.3, 0.4) is 0 Å². The first-order chi connectivity index (χ1) is 12.7. The summed E-state index contributed by atoms with van der Waals surface area (Å²) in [5.74, 6) is 0.548. The molecule has 1 atom stereocenters. The van der Waals surface area contributed by atoms with Crippen LogP contribution in [-0.2, 0) is 29.1 Å². The summed E-state index contributed by atoms with van der Waals surface area (Å²) in [6.07, 6.45) is 11.5. The first kappa shape index (κ1) is 17.3. The lowest BCUT2D eigenvalue weighted by atomic mass is 9.93. The van der Waals surface area contributed by atoms with Crippen LogP contribution < -0.4 is 5.32 Å². The Kier molecular flexibility index (Phi) is 5.09. The lowest BCUT2D eigenvalue weighted by Crippen LogP contribution is -2.36. The van der Waals surface area contributed by atoms with Gasteiger partial charge in [-0.3, -0.25) is 14.3 Å². The summed E-state index contributed by atoms with van der Waals surface area (Å²) < 4.78 is 2.03. The van der Waals surface area contributed by atoms with Crippen molar-refractivity contribution < 1.29 is 9.59 Å². The SMILES string of the molecule is O=C(CCc1cc2n(n1)CCCN(C(=O)[C@@H]1CC=CCC1)C2)NC1CC1. The van der Waals surface area contributed by atoms with Gasteiger partial charge in [-0.1, -0.05) is 12.2 Å². The number of fused-ring (bicyclic) bond motifs is 1. The van der Waals surface area contributed by atoms with E-state index < -0.39 is 0 Å².